The van der Waals surface area contributed by atoms with Crippen LogP contribution in [0.4, 0.5) is 0 Å². The molecule has 0 bridgehead atoms. The third kappa shape index (κ3) is 4.44. The Balaban J connectivity index is 1.76. The van der Waals surface area contributed by atoms with Crippen LogP contribution in [0.15, 0.2) is 39.6 Å². The van der Waals surface area contributed by atoms with E-state index >= 15 is 0 Å². The average Bonchev–Trinajstić information content (AvgIpc) is 3.18. The third-order valence-electron chi connectivity index (χ3n) is 2.86. The molecule has 0 radical (unpaired) electrons. The lowest BCUT2D eigenvalue weighted by molar-refractivity contribution is -0.139. The van der Waals surface area contributed by atoms with Crippen LogP contribution in [0.1, 0.15) is 17.4 Å². The van der Waals surface area contributed by atoms with Gasteiger partial charge in [-0.1, -0.05) is 0 Å². The standard InChI is InChI=1S/C14H16N2O4S/c1-19-12(10-4-6-21-9-10)8-16-14(18)13(17)15-7-11-3-2-5-20-11/h2-6,9,12H,7-8H2,1H3,(H,15,17)(H,16,18)/t12-/m1/s1. The van der Waals surface area contributed by atoms with Crippen LogP contribution in [0.3, 0.4) is 0 Å². The van der Waals surface area contributed by atoms with Crippen LogP contribution in [-0.2, 0) is 20.9 Å². The van der Waals surface area contributed by atoms with Crippen molar-refractivity contribution in [1.29, 1.82) is 0 Å². The van der Waals surface area contributed by atoms with Crippen molar-refractivity contribution in [3.8, 4) is 0 Å². The minimum atomic E-state index is -0.702. The molecule has 112 valence electrons. The van der Waals surface area contributed by atoms with E-state index in [4.69, 9.17) is 9.15 Å². The maximum Gasteiger partial charge on any atom is 0.309 e. The zero-order chi connectivity index (χ0) is 15.1. The van der Waals surface area contributed by atoms with Gasteiger partial charge < -0.3 is 19.8 Å². The van der Waals surface area contributed by atoms with Crippen LogP contribution in [-0.4, -0.2) is 25.5 Å². The molecule has 6 nitrogen and oxygen atoms in total. The normalized spacial score (nSPS) is 11.9. The summed E-state index contributed by atoms with van der Waals surface area (Å²) < 4.78 is 10.4. The van der Waals surface area contributed by atoms with Gasteiger partial charge in [0.05, 0.1) is 12.8 Å². The van der Waals surface area contributed by atoms with E-state index in [0.717, 1.165) is 5.56 Å². The predicted molar refractivity (Wildman–Crippen MR) is 77.6 cm³/mol. The first kappa shape index (κ1) is 15.3. The van der Waals surface area contributed by atoms with Crippen molar-refractivity contribution in [2.24, 2.45) is 0 Å². The van der Waals surface area contributed by atoms with Gasteiger partial charge in [0.25, 0.3) is 0 Å². The van der Waals surface area contributed by atoms with E-state index in [0.29, 0.717) is 5.76 Å². The quantitative estimate of drug-likeness (QED) is 0.792. The summed E-state index contributed by atoms with van der Waals surface area (Å²) >= 11 is 1.55. The number of carbonyl (C=O) groups is 2. The van der Waals surface area contributed by atoms with Gasteiger partial charge in [-0.05, 0) is 34.5 Å². The number of thiophene rings is 1. The molecule has 7 heteroatoms. The Hall–Kier alpha value is -2.12. The summed E-state index contributed by atoms with van der Waals surface area (Å²) in [6.07, 6.45) is 1.24. The number of methoxy groups -OCH3 is 1. The van der Waals surface area contributed by atoms with Crippen molar-refractivity contribution in [3.63, 3.8) is 0 Å². The maximum atomic E-state index is 11.7. The summed E-state index contributed by atoms with van der Waals surface area (Å²) in [5, 5.41) is 8.90. The zero-order valence-corrected chi connectivity index (χ0v) is 12.3. The monoisotopic (exact) mass is 308 g/mol. The molecule has 0 unspecified atom stereocenters. The second-order valence-corrected chi connectivity index (χ2v) is 5.03. The van der Waals surface area contributed by atoms with E-state index in [2.05, 4.69) is 10.6 Å². The zero-order valence-electron chi connectivity index (χ0n) is 11.5. The fraction of sp³-hybridized carbons (Fsp3) is 0.286. The molecule has 0 spiro atoms. The number of nitrogens with one attached hydrogen (secondary N) is 2. The topological polar surface area (TPSA) is 80.6 Å². The van der Waals surface area contributed by atoms with Gasteiger partial charge in [-0.2, -0.15) is 11.3 Å². The van der Waals surface area contributed by atoms with Gasteiger partial charge in [0.15, 0.2) is 0 Å². The maximum absolute atomic E-state index is 11.7. The fourth-order valence-electron chi connectivity index (χ4n) is 1.72. The molecule has 0 saturated heterocycles. The highest BCUT2D eigenvalue weighted by Crippen LogP contribution is 2.18. The lowest BCUT2D eigenvalue weighted by atomic mass is 10.2. The summed E-state index contributed by atoms with van der Waals surface area (Å²) in [6.45, 7) is 0.414. The van der Waals surface area contributed by atoms with E-state index < -0.39 is 11.8 Å². The molecule has 2 heterocycles. The van der Waals surface area contributed by atoms with Crippen LogP contribution < -0.4 is 10.6 Å². The Bertz CT molecular complexity index is 566. The largest absolute Gasteiger partial charge is 0.467 e. The van der Waals surface area contributed by atoms with Crippen molar-refractivity contribution in [3.05, 3.63) is 46.5 Å². The molecule has 2 rings (SSSR count). The number of amides is 2. The van der Waals surface area contributed by atoms with Crippen LogP contribution in [0.2, 0.25) is 0 Å². The minimum absolute atomic E-state index is 0.178. The van der Waals surface area contributed by atoms with E-state index in [1.54, 1.807) is 30.6 Å². The first-order chi connectivity index (χ1) is 10.2. The molecular weight excluding hydrogens is 292 g/mol. The van der Waals surface area contributed by atoms with E-state index in [1.807, 2.05) is 16.8 Å². The molecule has 21 heavy (non-hydrogen) atoms. The molecule has 0 fully saturated rings. The molecule has 0 aromatic carbocycles. The summed E-state index contributed by atoms with van der Waals surface area (Å²) in [4.78, 5) is 23.3. The van der Waals surface area contributed by atoms with Crippen molar-refractivity contribution < 1.29 is 18.7 Å². The van der Waals surface area contributed by atoms with Crippen molar-refractivity contribution >= 4 is 23.2 Å². The predicted octanol–water partition coefficient (Wildman–Crippen LogP) is 1.46. The highest BCUT2D eigenvalue weighted by molar-refractivity contribution is 7.07. The highest BCUT2D eigenvalue weighted by Gasteiger charge is 2.17. The molecule has 2 N–H and O–H groups in total. The summed E-state index contributed by atoms with van der Waals surface area (Å²) in [5.74, 6) is -0.811. The summed E-state index contributed by atoms with van der Waals surface area (Å²) in [6, 6.07) is 5.35. The Morgan fingerprint density at radius 3 is 2.76 bits per heavy atom. The Morgan fingerprint density at radius 1 is 1.33 bits per heavy atom. The minimum Gasteiger partial charge on any atom is -0.467 e. The molecule has 0 aliphatic rings. The third-order valence-corrected chi connectivity index (χ3v) is 3.56. The lowest BCUT2D eigenvalue weighted by Crippen LogP contribution is -2.41. The van der Waals surface area contributed by atoms with Gasteiger partial charge in [-0.15, -0.1) is 0 Å². The van der Waals surface area contributed by atoms with Crippen LogP contribution in [0, 0.1) is 0 Å². The summed E-state index contributed by atoms with van der Waals surface area (Å²) in [7, 11) is 1.56. The van der Waals surface area contributed by atoms with Crippen LogP contribution in [0.5, 0.6) is 0 Å². The van der Waals surface area contributed by atoms with Gasteiger partial charge in [-0.3, -0.25) is 9.59 Å². The van der Waals surface area contributed by atoms with Crippen molar-refractivity contribution in [1.82, 2.24) is 10.6 Å². The molecule has 2 amide bonds. The van der Waals surface area contributed by atoms with Gasteiger partial charge in [0.1, 0.15) is 11.9 Å². The molecule has 0 aliphatic carbocycles. The van der Waals surface area contributed by atoms with Gasteiger partial charge in [0.2, 0.25) is 0 Å². The molecule has 2 aromatic rings. The number of hydrogen-bond donors (Lipinski definition) is 2. The van der Waals surface area contributed by atoms with Gasteiger partial charge >= 0.3 is 11.8 Å². The van der Waals surface area contributed by atoms with Crippen LogP contribution >= 0.6 is 11.3 Å². The number of rotatable bonds is 6. The number of furan rings is 1. The van der Waals surface area contributed by atoms with Crippen LogP contribution in [0.25, 0.3) is 0 Å². The average molecular weight is 308 g/mol. The smallest absolute Gasteiger partial charge is 0.309 e. The molecule has 0 aliphatic heterocycles. The van der Waals surface area contributed by atoms with Crippen molar-refractivity contribution in [2.75, 3.05) is 13.7 Å². The first-order valence-corrected chi connectivity index (χ1v) is 7.28. The second kappa shape index (κ2) is 7.61. The highest BCUT2D eigenvalue weighted by atomic mass is 32.1. The Kier molecular flexibility index (Phi) is 5.53. The van der Waals surface area contributed by atoms with E-state index in [1.165, 1.54) is 6.26 Å². The SMILES string of the molecule is CO[C@H](CNC(=O)C(=O)NCc1ccco1)c1ccsc1. The fourth-order valence-corrected chi connectivity index (χ4v) is 2.42. The van der Waals surface area contributed by atoms with Gasteiger partial charge in [0, 0.05) is 13.7 Å². The summed E-state index contributed by atoms with van der Waals surface area (Å²) in [5.41, 5.74) is 0.971. The Labute approximate surface area is 126 Å². The number of hydrogen-bond acceptors (Lipinski definition) is 5. The first-order valence-electron chi connectivity index (χ1n) is 6.34. The number of ether oxygens (including phenoxy) is 1. The van der Waals surface area contributed by atoms with Crippen molar-refractivity contribution in [2.45, 2.75) is 12.6 Å². The number of carbonyl (C=O) groups excluding carboxylic acids is 2. The Morgan fingerprint density at radius 2 is 2.14 bits per heavy atom. The molecular formula is C14H16N2O4S. The van der Waals surface area contributed by atoms with E-state index in [9.17, 15) is 9.59 Å². The molecule has 0 saturated carbocycles. The van der Waals surface area contributed by atoms with E-state index in [-0.39, 0.29) is 19.2 Å². The molecule has 2 aromatic heterocycles. The second-order valence-electron chi connectivity index (χ2n) is 4.25. The lowest BCUT2D eigenvalue weighted by Gasteiger charge is -2.14. The molecule has 1 atom stereocenters. The van der Waals surface area contributed by atoms with Gasteiger partial charge in [-0.25, -0.2) is 0 Å².